The molecule has 2 aliphatic heterocycles. The van der Waals surface area contributed by atoms with Crippen LogP contribution in [0.5, 0.6) is 0 Å². The van der Waals surface area contributed by atoms with Crippen LogP contribution in [0.25, 0.3) is 0 Å². The van der Waals surface area contributed by atoms with Crippen molar-refractivity contribution in [3.63, 3.8) is 0 Å². The lowest BCUT2D eigenvalue weighted by Crippen LogP contribution is -2.41. The minimum atomic E-state index is -3.54. The van der Waals surface area contributed by atoms with Crippen molar-refractivity contribution in [3.05, 3.63) is 41.4 Å². The van der Waals surface area contributed by atoms with Gasteiger partial charge in [-0.05, 0) is 150 Å². The molecule has 1 N–H and O–H groups in total. The largest absolute Gasteiger partial charge is 0.640 e. The fraction of sp³-hybridized carbons (Fsp3) is 0.763. The Bertz CT molecular complexity index is 1420. The smallest absolute Gasteiger partial charge is 0.400 e. The molecule has 3 fully saturated rings. The van der Waals surface area contributed by atoms with Crippen molar-refractivity contribution in [2.24, 2.45) is 15.9 Å². The lowest BCUT2D eigenvalue weighted by molar-refractivity contribution is 0.00578. The highest BCUT2D eigenvalue weighted by molar-refractivity contribution is 7.89. The minimum Gasteiger partial charge on any atom is -0.400 e. The van der Waals surface area contributed by atoms with Crippen molar-refractivity contribution in [3.8, 4) is 0 Å². The molecule has 50 heavy (non-hydrogen) atoms. The molecule has 0 bridgehead atoms. The van der Waals surface area contributed by atoms with Crippen LogP contribution >= 0.6 is 0 Å². The van der Waals surface area contributed by atoms with Gasteiger partial charge in [-0.2, -0.15) is 13.5 Å². The summed E-state index contributed by atoms with van der Waals surface area (Å²) in [6, 6.07) is 6.76. The molecule has 0 amide bonds. The van der Waals surface area contributed by atoms with Crippen LogP contribution in [0.1, 0.15) is 147 Å². The first-order chi connectivity index (χ1) is 22.7. The SMILES string of the molecule is CC(C)OB1OC(C)(C)C(C)(C)O1.CC1(C)CC=C(B2OC(C)(C)C(C)(C)O2)CC1.Cc1ccc(S(=O)(=O)NN=C2CCC(C)(C)CC2)cc1. The van der Waals surface area contributed by atoms with Gasteiger partial charge in [-0.25, -0.2) is 4.83 Å². The normalized spacial score (nSPS) is 24.4. The van der Waals surface area contributed by atoms with Crippen LogP contribution in [0.15, 0.2) is 45.8 Å². The molecule has 2 heterocycles. The van der Waals surface area contributed by atoms with Gasteiger partial charge in [-0.1, -0.05) is 51.5 Å². The second kappa shape index (κ2) is 15.7. The van der Waals surface area contributed by atoms with E-state index in [4.69, 9.17) is 23.3 Å². The van der Waals surface area contributed by atoms with E-state index in [1.54, 1.807) is 24.3 Å². The lowest BCUT2D eigenvalue weighted by atomic mass is 9.67. The molecule has 5 rings (SSSR count). The molecule has 1 saturated carbocycles. The molecular weight excluding hydrogens is 650 g/mol. The van der Waals surface area contributed by atoms with Gasteiger partial charge in [0.2, 0.25) is 0 Å². The van der Waals surface area contributed by atoms with E-state index in [1.807, 2.05) is 48.5 Å². The zero-order chi connectivity index (χ0) is 38.0. The van der Waals surface area contributed by atoms with E-state index in [-0.39, 0.29) is 40.5 Å². The zero-order valence-electron chi connectivity index (χ0n) is 33.8. The fourth-order valence-electron chi connectivity index (χ4n) is 5.59. The number of nitrogens with zero attached hydrogens (tertiary/aromatic N) is 1. The first kappa shape index (κ1) is 42.7. The van der Waals surface area contributed by atoms with Gasteiger partial charge in [0.05, 0.1) is 27.3 Å². The van der Waals surface area contributed by atoms with Crippen LogP contribution in [-0.2, 0) is 33.3 Å². The van der Waals surface area contributed by atoms with Gasteiger partial charge in [-0.3, -0.25) is 0 Å². The Labute approximate surface area is 305 Å². The molecule has 0 aromatic heterocycles. The number of benzene rings is 1. The molecule has 2 aliphatic carbocycles. The molecule has 4 aliphatic rings. The van der Waals surface area contributed by atoms with Gasteiger partial charge in [-0.15, -0.1) is 0 Å². The summed E-state index contributed by atoms with van der Waals surface area (Å²) in [5.41, 5.74) is 3.06. The van der Waals surface area contributed by atoms with Crippen LogP contribution in [0, 0.1) is 17.8 Å². The summed E-state index contributed by atoms with van der Waals surface area (Å²) < 4.78 is 53.1. The molecule has 282 valence electrons. The van der Waals surface area contributed by atoms with Crippen molar-refractivity contribution in [2.75, 3.05) is 0 Å². The first-order valence-electron chi connectivity index (χ1n) is 18.4. The van der Waals surface area contributed by atoms with Crippen LogP contribution in [0.3, 0.4) is 0 Å². The predicted octanol–water partition coefficient (Wildman–Crippen LogP) is 8.98. The van der Waals surface area contributed by atoms with E-state index in [9.17, 15) is 8.42 Å². The van der Waals surface area contributed by atoms with Crippen LogP contribution in [0.4, 0.5) is 0 Å². The first-order valence-corrected chi connectivity index (χ1v) is 19.8. The van der Waals surface area contributed by atoms with Gasteiger partial charge < -0.3 is 23.3 Å². The van der Waals surface area contributed by atoms with Crippen molar-refractivity contribution in [2.45, 2.75) is 182 Å². The Morgan fingerprint density at radius 1 is 0.720 bits per heavy atom. The number of allylic oxidation sites excluding steroid dienone is 2. The summed E-state index contributed by atoms with van der Waals surface area (Å²) in [6.45, 7) is 31.5. The number of hydrogen-bond acceptors (Lipinski definition) is 8. The van der Waals surface area contributed by atoms with Gasteiger partial charge in [0, 0.05) is 11.8 Å². The van der Waals surface area contributed by atoms with Gasteiger partial charge in [0.25, 0.3) is 10.0 Å². The van der Waals surface area contributed by atoms with Crippen molar-refractivity contribution in [1.29, 1.82) is 0 Å². The molecule has 0 atom stereocenters. The third-order valence-corrected chi connectivity index (χ3v) is 12.2. The standard InChI is InChI=1S/C15H22N2O2S.C14H25BO2.C9H19BO3/c1-12-4-6-14(7-5-12)20(18,19)17-16-13-8-10-15(2,3)11-9-13;1-12(2)9-7-11(8-10-12)15-16-13(3,4)14(5,6)17-15;1-7(2)11-10-12-8(3,4)9(5,6)13-10/h4-7,17H,8-11H2,1-3H3;7H,8-10H2,1-6H3;7H,1-6H3. The Hall–Kier alpha value is -1.69. The van der Waals surface area contributed by atoms with Crippen molar-refractivity contribution >= 4 is 30.2 Å². The molecule has 0 spiro atoms. The fourth-order valence-corrected chi connectivity index (χ4v) is 6.44. The highest BCUT2D eigenvalue weighted by atomic mass is 32.2. The van der Waals surface area contributed by atoms with Gasteiger partial charge in [0.15, 0.2) is 0 Å². The van der Waals surface area contributed by atoms with E-state index in [0.717, 1.165) is 49.8 Å². The van der Waals surface area contributed by atoms with Gasteiger partial charge >= 0.3 is 14.4 Å². The maximum Gasteiger partial charge on any atom is 0.640 e. The average Bonchev–Trinajstić information content (AvgIpc) is 3.31. The van der Waals surface area contributed by atoms with E-state index < -0.39 is 17.3 Å². The second-order valence-electron chi connectivity index (χ2n) is 18.2. The summed E-state index contributed by atoms with van der Waals surface area (Å²) in [4.78, 5) is 2.61. The summed E-state index contributed by atoms with van der Waals surface area (Å²) in [5.74, 6) is 0. The zero-order valence-corrected chi connectivity index (χ0v) is 34.6. The second-order valence-corrected chi connectivity index (χ2v) is 19.9. The quantitative estimate of drug-likeness (QED) is 0.232. The van der Waals surface area contributed by atoms with Crippen LogP contribution < -0.4 is 4.83 Å². The Morgan fingerprint density at radius 2 is 1.18 bits per heavy atom. The lowest BCUT2D eigenvalue weighted by Gasteiger charge is -2.32. The Balaban J connectivity index is 0.000000208. The molecule has 2 saturated heterocycles. The number of hydrogen-bond donors (Lipinski definition) is 1. The Kier molecular flexibility index (Phi) is 13.4. The maximum atomic E-state index is 12.1. The molecule has 0 radical (unpaired) electrons. The monoisotopic (exact) mass is 716 g/mol. The third-order valence-electron chi connectivity index (χ3n) is 11.0. The number of aryl methyl sites for hydroxylation is 1. The molecule has 0 unspecified atom stereocenters. The van der Waals surface area contributed by atoms with E-state index in [2.05, 4.69) is 71.4 Å². The van der Waals surface area contributed by atoms with E-state index in [0.29, 0.717) is 10.8 Å². The van der Waals surface area contributed by atoms with Crippen molar-refractivity contribution < 1.29 is 31.7 Å². The van der Waals surface area contributed by atoms with E-state index in [1.165, 1.54) is 11.9 Å². The third kappa shape index (κ3) is 11.7. The molecular formula is C38H66B2N2O7S. The Morgan fingerprint density at radius 3 is 1.62 bits per heavy atom. The highest BCUT2D eigenvalue weighted by Gasteiger charge is 2.54. The number of nitrogens with one attached hydrogen (secondary N) is 1. The van der Waals surface area contributed by atoms with E-state index >= 15 is 0 Å². The number of sulfonamides is 1. The topological polar surface area (TPSA) is 105 Å². The summed E-state index contributed by atoms with van der Waals surface area (Å²) in [6.07, 6.45) is 9.74. The predicted molar refractivity (Wildman–Crippen MR) is 205 cm³/mol. The summed E-state index contributed by atoms with van der Waals surface area (Å²) >= 11 is 0. The summed E-state index contributed by atoms with van der Waals surface area (Å²) in [7, 11) is -4.19. The molecule has 9 nitrogen and oxygen atoms in total. The van der Waals surface area contributed by atoms with Gasteiger partial charge in [0.1, 0.15) is 0 Å². The highest BCUT2D eigenvalue weighted by Crippen LogP contribution is 2.42. The number of rotatable bonds is 6. The van der Waals surface area contributed by atoms with Crippen molar-refractivity contribution in [1.82, 2.24) is 4.83 Å². The molecule has 12 heteroatoms. The number of hydrazone groups is 1. The minimum absolute atomic E-state index is 0.120. The molecule has 1 aromatic rings. The van der Waals surface area contributed by atoms with Crippen LogP contribution in [-0.4, -0.2) is 57.1 Å². The average molecular weight is 717 g/mol. The molecule has 1 aromatic carbocycles. The van der Waals surface area contributed by atoms with Crippen LogP contribution in [0.2, 0.25) is 0 Å². The summed E-state index contributed by atoms with van der Waals surface area (Å²) in [5, 5.41) is 4.10. The maximum absolute atomic E-state index is 12.1.